The highest BCUT2D eigenvalue weighted by Gasteiger charge is 2.21. The van der Waals surface area contributed by atoms with Gasteiger partial charge in [-0.15, -0.1) is 0 Å². The van der Waals surface area contributed by atoms with E-state index in [1.165, 1.54) is 0 Å². The van der Waals surface area contributed by atoms with Gasteiger partial charge in [0, 0.05) is 5.41 Å². The highest BCUT2D eigenvalue weighted by molar-refractivity contribution is 6.29. The number of aromatic nitrogens is 1. The van der Waals surface area contributed by atoms with Gasteiger partial charge in [-0.2, -0.15) is 0 Å². The summed E-state index contributed by atoms with van der Waals surface area (Å²) in [4.78, 5) is 15.6. The standard InChI is InChI=1S/C11H14ClN2O/c1-7-8(5-6-9(12)13-7)14-10(15)11(2,3)4/h5-6H,1H2,2-4H3,(H,14,15). The van der Waals surface area contributed by atoms with Crippen molar-refractivity contribution in [2.45, 2.75) is 20.8 Å². The normalized spacial score (nSPS) is 11.3. The Labute approximate surface area is 94.9 Å². The maximum atomic E-state index is 11.7. The lowest BCUT2D eigenvalue weighted by Gasteiger charge is -2.18. The number of amides is 1. The van der Waals surface area contributed by atoms with E-state index >= 15 is 0 Å². The number of anilines is 1. The highest BCUT2D eigenvalue weighted by atomic mass is 35.5. The average Bonchev–Trinajstić information content (AvgIpc) is 2.08. The molecule has 1 aromatic rings. The fourth-order valence-corrected chi connectivity index (χ4v) is 1.06. The SMILES string of the molecule is [CH2]c1nc(Cl)ccc1NC(=O)C(C)(C)C. The summed E-state index contributed by atoms with van der Waals surface area (Å²) >= 11 is 5.68. The lowest BCUT2D eigenvalue weighted by Crippen LogP contribution is -2.28. The van der Waals surface area contributed by atoms with Crippen LogP contribution in [-0.2, 0) is 4.79 Å². The predicted molar refractivity (Wildman–Crippen MR) is 61.8 cm³/mol. The molecule has 0 aliphatic heterocycles. The third kappa shape index (κ3) is 3.20. The lowest BCUT2D eigenvalue weighted by atomic mass is 9.95. The summed E-state index contributed by atoms with van der Waals surface area (Å²) in [6.45, 7) is 9.23. The van der Waals surface area contributed by atoms with Crippen LogP contribution in [0.25, 0.3) is 0 Å². The van der Waals surface area contributed by atoms with E-state index < -0.39 is 5.41 Å². The molecule has 0 unspecified atom stereocenters. The van der Waals surface area contributed by atoms with Gasteiger partial charge in [-0.25, -0.2) is 4.98 Å². The van der Waals surface area contributed by atoms with Gasteiger partial charge in [-0.3, -0.25) is 4.79 Å². The molecule has 0 spiro atoms. The number of carbonyl (C=O) groups is 1. The Kier molecular flexibility index (Phi) is 3.35. The van der Waals surface area contributed by atoms with Crippen LogP contribution in [0.4, 0.5) is 5.69 Å². The Morgan fingerprint density at radius 2 is 2.07 bits per heavy atom. The summed E-state index contributed by atoms with van der Waals surface area (Å²) < 4.78 is 0. The molecule has 1 heterocycles. The number of nitrogens with zero attached hydrogens (tertiary/aromatic N) is 1. The maximum Gasteiger partial charge on any atom is 0.229 e. The fraction of sp³-hybridized carbons (Fsp3) is 0.364. The molecular formula is C11H14ClN2O. The Balaban J connectivity index is 2.87. The number of nitrogens with one attached hydrogen (secondary N) is 1. The van der Waals surface area contributed by atoms with Gasteiger partial charge in [0.05, 0.1) is 11.4 Å². The van der Waals surface area contributed by atoms with Crippen LogP contribution in [0.2, 0.25) is 5.15 Å². The molecule has 15 heavy (non-hydrogen) atoms. The molecule has 1 rings (SSSR count). The summed E-state index contributed by atoms with van der Waals surface area (Å²) in [5.41, 5.74) is 0.630. The molecule has 0 atom stereocenters. The minimum atomic E-state index is -0.438. The molecule has 0 saturated carbocycles. The van der Waals surface area contributed by atoms with E-state index in [1.807, 2.05) is 20.8 Å². The van der Waals surface area contributed by atoms with Gasteiger partial charge in [0.2, 0.25) is 5.91 Å². The zero-order valence-corrected chi connectivity index (χ0v) is 9.85. The first-order valence-electron chi connectivity index (χ1n) is 4.60. The second-order valence-corrected chi connectivity index (χ2v) is 4.72. The summed E-state index contributed by atoms with van der Waals surface area (Å²) in [7, 11) is 0. The first-order chi connectivity index (χ1) is 6.80. The van der Waals surface area contributed by atoms with Crippen LogP contribution in [0, 0.1) is 12.3 Å². The molecule has 0 aliphatic rings. The zero-order chi connectivity index (χ0) is 11.6. The van der Waals surface area contributed by atoms with Crippen molar-refractivity contribution < 1.29 is 4.79 Å². The molecule has 1 radical (unpaired) electrons. The second-order valence-electron chi connectivity index (χ2n) is 4.33. The van der Waals surface area contributed by atoms with Gasteiger partial charge in [0.1, 0.15) is 5.15 Å². The molecule has 0 aliphatic carbocycles. The predicted octanol–water partition coefficient (Wildman–Crippen LogP) is 2.90. The van der Waals surface area contributed by atoms with Gasteiger partial charge in [-0.1, -0.05) is 32.4 Å². The summed E-state index contributed by atoms with van der Waals surface area (Å²) in [5, 5.41) is 3.12. The Morgan fingerprint density at radius 3 is 2.53 bits per heavy atom. The van der Waals surface area contributed by atoms with E-state index in [1.54, 1.807) is 12.1 Å². The van der Waals surface area contributed by atoms with E-state index in [0.29, 0.717) is 16.5 Å². The number of hydrogen-bond acceptors (Lipinski definition) is 2. The van der Waals surface area contributed by atoms with Crippen molar-refractivity contribution in [3.05, 3.63) is 29.9 Å². The molecule has 3 nitrogen and oxygen atoms in total. The Bertz CT molecular complexity index is 383. The first kappa shape index (κ1) is 12.0. The Hall–Kier alpha value is -1.09. The largest absolute Gasteiger partial charge is 0.324 e. The van der Waals surface area contributed by atoms with E-state index in [2.05, 4.69) is 17.2 Å². The van der Waals surface area contributed by atoms with Crippen molar-refractivity contribution in [1.82, 2.24) is 4.98 Å². The molecule has 0 bridgehead atoms. The molecule has 1 amide bonds. The molecule has 0 aromatic carbocycles. The van der Waals surface area contributed by atoms with Gasteiger partial charge < -0.3 is 5.32 Å². The summed E-state index contributed by atoms with van der Waals surface area (Å²) in [6.07, 6.45) is 0. The minimum Gasteiger partial charge on any atom is -0.324 e. The summed E-state index contributed by atoms with van der Waals surface area (Å²) in [5.74, 6) is -0.0727. The quantitative estimate of drug-likeness (QED) is 0.747. The van der Waals surface area contributed by atoms with Crippen molar-refractivity contribution in [2.75, 3.05) is 5.32 Å². The van der Waals surface area contributed by atoms with Crippen LogP contribution in [0.15, 0.2) is 12.1 Å². The van der Waals surface area contributed by atoms with Gasteiger partial charge in [0.15, 0.2) is 0 Å². The third-order valence-corrected chi connectivity index (χ3v) is 2.08. The van der Waals surface area contributed by atoms with Crippen LogP contribution >= 0.6 is 11.6 Å². The van der Waals surface area contributed by atoms with Crippen molar-refractivity contribution in [3.8, 4) is 0 Å². The number of pyridine rings is 1. The van der Waals surface area contributed by atoms with Gasteiger partial charge in [0.25, 0.3) is 0 Å². The lowest BCUT2D eigenvalue weighted by molar-refractivity contribution is -0.123. The molecule has 4 heteroatoms. The molecule has 0 fully saturated rings. The fourth-order valence-electron chi connectivity index (χ4n) is 0.898. The van der Waals surface area contributed by atoms with Crippen molar-refractivity contribution in [2.24, 2.45) is 5.41 Å². The van der Waals surface area contributed by atoms with Crippen LogP contribution in [0.5, 0.6) is 0 Å². The van der Waals surface area contributed by atoms with E-state index in [4.69, 9.17) is 11.6 Å². The van der Waals surface area contributed by atoms with Crippen molar-refractivity contribution in [3.63, 3.8) is 0 Å². The topological polar surface area (TPSA) is 42.0 Å². The molecule has 0 saturated heterocycles. The number of halogens is 1. The van der Waals surface area contributed by atoms with Crippen LogP contribution in [-0.4, -0.2) is 10.9 Å². The van der Waals surface area contributed by atoms with E-state index in [9.17, 15) is 4.79 Å². The number of carbonyl (C=O) groups excluding carboxylic acids is 1. The summed E-state index contributed by atoms with van der Waals surface area (Å²) in [6, 6.07) is 3.32. The van der Waals surface area contributed by atoms with E-state index in [-0.39, 0.29) is 5.91 Å². The molecule has 1 N–H and O–H groups in total. The van der Waals surface area contributed by atoms with Crippen LogP contribution in [0.1, 0.15) is 26.5 Å². The number of rotatable bonds is 1. The van der Waals surface area contributed by atoms with Crippen LogP contribution < -0.4 is 5.32 Å². The average molecular weight is 226 g/mol. The monoisotopic (exact) mass is 225 g/mol. The van der Waals surface area contributed by atoms with Gasteiger partial charge >= 0.3 is 0 Å². The van der Waals surface area contributed by atoms with Gasteiger partial charge in [-0.05, 0) is 19.1 Å². The third-order valence-electron chi connectivity index (χ3n) is 1.87. The minimum absolute atomic E-state index is 0.0727. The van der Waals surface area contributed by atoms with Crippen molar-refractivity contribution in [1.29, 1.82) is 0 Å². The van der Waals surface area contributed by atoms with Crippen LogP contribution in [0.3, 0.4) is 0 Å². The highest BCUT2D eigenvalue weighted by Crippen LogP contribution is 2.20. The number of hydrogen-bond donors (Lipinski definition) is 1. The zero-order valence-electron chi connectivity index (χ0n) is 9.10. The molecular weight excluding hydrogens is 212 g/mol. The molecule has 81 valence electrons. The molecule has 1 aromatic heterocycles. The van der Waals surface area contributed by atoms with Crippen molar-refractivity contribution >= 4 is 23.2 Å². The Morgan fingerprint density at radius 1 is 1.47 bits per heavy atom. The van der Waals surface area contributed by atoms with E-state index in [0.717, 1.165) is 0 Å². The first-order valence-corrected chi connectivity index (χ1v) is 4.98. The maximum absolute atomic E-state index is 11.7. The smallest absolute Gasteiger partial charge is 0.229 e. The second kappa shape index (κ2) is 4.19.